The van der Waals surface area contributed by atoms with Crippen molar-refractivity contribution >= 4 is 17.2 Å². The van der Waals surface area contributed by atoms with E-state index in [1.54, 1.807) is 12.5 Å². The van der Waals surface area contributed by atoms with Gasteiger partial charge in [0, 0.05) is 32.7 Å². The molecule has 2 saturated heterocycles. The Kier molecular flexibility index (Phi) is 5.14. The van der Waals surface area contributed by atoms with E-state index in [2.05, 4.69) is 9.88 Å². The number of ether oxygens (including phenoxy) is 1. The number of thiazole rings is 1. The molecular weight excluding hydrogens is 338 g/mol. The summed E-state index contributed by atoms with van der Waals surface area (Å²) in [5, 5.41) is 0.759. The Morgan fingerprint density at radius 1 is 1.32 bits per heavy atom. The maximum Gasteiger partial charge on any atom is 0.265 e. The summed E-state index contributed by atoms with van der Waals surface area (Å²) in [5.74, 6) is 1.36. The van der Waals surface area contributed by atoms with Gasteiger partial charge < -0.3 is 14.1 Å². The average molecular weight is 361 g/mol. The molecule has 1 atom stereocenters. The molecule has 134 valence electrons. The largest absolute Gasteiger partial charge is 0.462 e. The Labute approximate surface area is 151 Å². The Hall–Kier alpha value is -1.70. The standard InChI is InChI=1S/C18H23N3O3S/c22-18(16-11-19-17(25-16)15-4-2-8-24-15)21-5-1-3-14(13-21)12-20-6-9-23-10-7-20/h2,4,8,11,14H,1,3,5-7,9-10,12-13H2. The SMILES string of the molecule is O=C(c1cnc(-c2ccco2)s1)N1CCCC(CN2CCOCC2)C1. The molecule has 0 aromatic carbocycles. The van der Waals surface area contributed by atoms with Gasteiger partial charge in [-0.2, -0.15) is 0 Å². The smallest absolute Gasteiger partial charge is 0.265 e. The van der Waals surface area contributed by atoms with Crippen LogP contribution in [0.4, 0.5) is 0 Å². The van der Waals surface area contributed by atoms with Crippen LogP contribution < -0.4 is 0 Å². The third-order valence-corrected chi connectivity index (χ3v) is 5.87. The van der Waals surface area contributed by atoms with Gasteiger partial charge in [0.25, 0.3) is 5.91 Å². The Morgan fingerprint density at radius 2 is 2.20 bits per heavy atom. The van der Waals surface area contributed by atoms with Crippen molar-refractivity contribution in [2.24, 2.45) is 5.92 Å². The van der Waals surface area contributed by atoms with E-state index in [-0.39, 0.29) is 5.91 Å². The minimum atomic E-state index is 0.0991. The number of carbonyl (C=O) groups is 1. The first-order chi connectivity index (χ1) is 12.3. The van der Waals surface area contributed by atoms with Crippen LogP contribution in [0, 0.1) is 5.92 Å². The Balaban J connectivity index is 1.38. The molecule has 2 aliphatic rings. The molecule has 1 amide bonds. The number of morpholine rings is 1. The van der Waals surface area contributed by atoms with Crippen molar-refractivity contribution in [3.63, 3.8) is 0 Å². The predicted octanol–water partition coefficient (Wildman–Crippen LogP) is 2.59. The van der Waals surface area contributed by atoms with Crippen LogP contribution in [0.2, 0.25) is 0 Å². The van der Waals surface area contributed by atoms with Crippen molar-refractivity contribution in [3.05, 3.63) is 29.5 Å². The van der Waals surface area contributed by atoms with Gasteiger partial charge in [0.2, 0.25) is 0 Å². The number of furan rings is 1. The molecule has 4 heterocycles. The van der Waals surface area contributed by atoms with Crippen LogP contribution in [0.5, 0.6) is 0 Å². The molecule has 2 aromatic rings. The topological polar surface area (TPSA) is 58.8 Å². The second-order valence-corrected chi connectivity index (χ2v) is 7.71. The molecule has 0 N–H and O–H groups in total. The Bertz CT molecular complexity index is 694. The number of amides is 1. The van der Waals surface area contributed by atoms with Crippen LogP contribution in [-0.4, -0.2) is 66.6 Å². The molecule has 0 bridgehead atoms. The van der Waals surface area contributed by atoms with Gasteiger partial charge in [-0.15, -0.1) is 11.3 Å². The zero-order valence-electron chi connectivity index (χ0n) is 14.2. The van der Waals surface area contributed by atoms with Gasteiger partial charge in [0.15, 0.2) is 10.8 Å². The van der Waals surface area contributed by atoms with Gasteiger partial charge >= 0.3 is 0 Å². The van der Waals surface area contributed by atoms with Crippen molar-refractivity contribution in [3.8, 4) is 10.8 Å². The summed E-state index contributed by atoms with van der Waals surface area (Å²) in [5.41, 5.74) is 0. The zero-order valence-corrected chi connectivity index (χ0v) is 15.0. The lowest BCUT2D eigenvalue weighted by atomic mass is 9.97. The minimum Gasteiger partial charge on any atom is -0.462 e. The summed E-state index contributed by atoms with van der Waals surface area (Å²) >= 11 is 1.41. The van der Waals surface area contributed by atoms with Crippen molar-refractivity contribution in [2.75, 3.05) is 45.9 Å². The van der Waals surface area contributed by atoms with Crippen molar-refractivity contribution in [1.82, 2.24) is 14.8 Å². The number of piperidine rings is 1. The van der Waals surface area contributed by atoms with Crippen molar-refractivity contribution < 1.29 is 13.9 Å². The van der Waals surface area contributed by atoms with Crippen LogP contribution in [0.3, 0.4) is 0 Å². The molecule has 2 aliphatic heterocycles. The first kappa shape index (κ1) is 16.8. The normalized spacial score (nSPS) is 22.2. The number of carbonyl (C=O) groups excluding carboxylic acids is 1. The monoisotopic (exact) mass is 361 g/mol. The summed E-state index contributed by atoms with van der Waals surface area (Å²) in [6.07, 6.45) is 5.57. The van der Waals surface area contributed by atoms with E-state index in [1.165, 1.54) is 17.8 Å². The third-order valence-electron chi connectivity index (χ3n) is 4.87. The summed E-state index contributed by atoms with van der Waals surface area (Å²) in [6, 6.07) is 3.70. The fourth-order valence-electron chi connectivity index (χ4n) is 3.59. The molecule has 6 nitrogen and oxygen atoms in total. The number of aromatic nitrogens is 1. The van der Waals surface area contributed by atoms with Crippen molar-refractivity contribution in [1.29, 1.82) is 0 Å². The highest BCUT2D eigenvalue weighted by Crippen LogP contribution is 2.27. The number of hydrogen-bond donors (Lipinski definition) is 0. The van der Waals surface area contributed by atoms with Gasteiger partial charge in [-0.1, -0.05) is 0 Å². The molecule has 4 rings (SSSR count). The molecule has 0 spiro atoms. The molecule has 0 radical (unpaired) electrons. The molecule has 7 heteroatoms. The van der Waals surface area contributed by atoms with E-state index in [9.17, 15) is 4.79 Å². The third kappa shape index (κ3) is 3.94. The lowest BCUT2D eigenvalue weighted by Crippen LogP contribution is -2.46. The van der Waals surface area contributed by atoms with Crippen LogP contribution in [0.1, 0.15) is 22.5 Å². The second kappa shape index (κ2) is 7.68. The van der Waals surface area contributed by atoms with E-state index >= 15 is 0 Å². The van der Waals surface area contributed by atoms with Gasteiger partial charge in [0.1, 0.15) is 4.88 Å². The maximum absolute atomic E-state index is 12.9. The molecule has 0 saturated carbocycles. The zero-order chi connectivity index (χ0) is 17.1. The van der Waals surface area contributed by atoms with E-state index in [0.29, 0.717) is 16.6 Å². The average Bonchev–Trinajstić information content (AvgIpc) is 3.34. The Morgan fingerprint density at radius 3 is 3.00 bits per heavy atom. The first-order valence-corrected chi connectivity index (χ1v) is 9.70. The summed E-state index contributed by atoms with van der Waals surface area (Å²) in [4.78, 5) is 22.3. The van der Waals surface area contributed by atoms with Gasteiger partial charge in [0.05, 0.1) is 25.7 Å². The van der Waals surface area contributed by atoms with E-state index in [1.807, 2.05) is 17.0 Å². The van der Waals surface area contributed by atoms with Gasteiger partial charge in [-0.05, 0) is 30.9 Å². The maximum atomic E-state index is 12.9. The lowest BCUT2D eigenvalue weighted by Gasteiger charge is -2.36. The molecule has 2 aromatic heterocycles. The van der Waals surface area contributed by atoms with E-state index in [4.69, 9.17) is 9.15 Å². The quantitative estimate of drug-likeness (QED) is 0.838. The van der Waals surface area contributed by atoms with Gasteiger partial charge in [-0.25, -0.2) is 4.98 Å². The van der Waals surface area contributed by atoms with Crippen LogP contribution in [-0.2, 0) is 4.74 Å². The van der Waals surface area contributed by atoms with E-state index < -0.39 is 0 Å². The minimum absolute atomic E-state index is 0.0991. The summed E-state index contributed by atoms with van der Waals surface area (Å²) < 4.78 is 10.8. The molecular formula is C18H23N3O3S. The predicted molar refractivity (Wildman–Crippen MR) is 95.7 cm³/mol. The molecule has 25 heavy (non-hydrogen) atoms. The fourth-order valence-corrected chi connectivity index (χ4v) is 4.44. The molecule has 1 unspecified atom stereocenters. The van der Waals surface area contributed by atoms with Crippen LogP contribution in [0.25, 0.3) is 10.8 Å². The molecule has 0 aliphatic carbocycles. The van der Waals surface area contributed by atoms with E-state index in [0.717, 1.165) is 57.4 Å². The highest BCUT2D eigenvalue weighted by Gasteiger charge is 2.27. The highest BCUT2D eigenvalue weighted by molar-refractivity contribution is 7.16. The number of rotatable bonds is 4. The highest BCUT2D eigenvalue weighted by atomic mass is 32.1. The fraction of sp³-hybridized carbons (Fsp3) is 0.556. The lowest BCUT2D eigenvalue weighted by molar-refractivity contribution is 0.0224. The first-order valence-electron chi connectivity index (χ1n) is 8.88. The molecule has 2 fully saturated rings. The summed E-state index contributed by atoms with van der Waals surface area (Å²) in [6.45, 7) is 6.40. The van der Waals surface area contributed by atoms with Crippen LogP contribution in [0.15, 0.2) is 29.0 Å². The van der Waals surface area contributed by atoms with Gasteiger partial charge in [-0.3, -0.25) is 9.69 Å². The second-order valence-electron chi connectivity index (χ2n) is 6.68. The number of hydrogen-bond acceptors (Lipinski definition) is 6. The number of nitrogens with zero attached hydrogens (tertiary/aromatic N) is 3. The van der Waals surface area contributed by atoms with Crippen LogP contribution >= 0.6 is 11.3 Å². The number of likely N-dealkylation sites (tertiary alicyclic amines) is 1. The van der Waals surface area contributed by atoms with Crippen molar-refractivity contribution in [2.45, 2.75) is 12.8 Å². The summed E-state index contributed by atoms with van der Waals surface area (Å²) in [7, 11) is 0.